The third-order valence-corrected chi connectivity index (χ3v) is 3.17. The molecule has 0 atom stereocenters. The number of carbonyl (C=O) groups is 2. The Morgan fingerprint density at radius 3 is 2.88 bits per heavy atom. The lowest BCUT2D eigenvalue weighted by molar-refractivity contribution is -0.129. The molecule has 2 rings (SSSR count). The number of nitrogens with zero attached hydrogens (tertiary/aromatic N) is 2. The lowest BCUT2D eigenvalue weighted by atomic mass is 10.2. The highest BCUT2D eigenvalue weighted by molar-refractivity contribution is 5.97. The summed E-state index contributed by atoms with van der Waals surface area (Å²) < 4.78 is 0. The molecule has 120 valence electrons. The summed E-state index contributed by atoms with van der Waals surface area (Å²) in [5, 5.41) is 2.71. The Bertz CT molecular complexity index is 792. The first-order chi connectivity index (χ1) is 11.6. The highest BCUT2D eigenvalue weighted by Crippen LogP contribution is 2.09. The molecule has 1 N–H and O–H groups in total. The molecule has 0 aliphatic carbocycles. The Morgan fingerprint density at radius 2 is 2.17 bits per heavy atom. The molecule has 2 aromatic rings. The van der Waals surface area contributed by atoms with Gasteiger partial charge in [0, 0.05) is 36.8 Å². The summed E-state index contributed by atoms with van der Waals surface area (Å²) in [5.41, 5.74) is 2.09. The van der Waals surface area contributed by atoms with Crippen LogP contribution in [0.25, 0.3) is 6.08 Å². The molecule has 0 aliphatic rings. The fraction of sp³-hybridized carbons (Fsp3) is 0.105. The van der Waals surface area contributed by atoms with E-state index in [-0.39, 0.29) is 18.4 Å². The minimum atomic E-state index is -0.296. The van der Waals surface area contributed by atoms with Gasteiger partial charge in [0.15, 0.2) is 0 Å². The average molecular weight is 319 g/mol. The number of pyridine rings is 1. The number of hydrogen-bond donors (Lipinski definition) is 1. The van der Waals surface area contributed by atoms with E-state index in [0.29, 0.717) is 11.3 Å². The quantitative estimate of drug-likeness (QED) is 0.679. The van der Waals surface area contributed by atoms with Gasteiger partial charge in [0.05, 0.1) is 6.54 Å². The first-order valence-electron chi connectivity index (χ1n) is 7.28. The largest absolute Gasteiger partial charge is 0.333 e. The van der Waals surface area contributed by atoms with Gasteiger partial charge in [-0.15, -0.1) is 6.42 Å². The molecule has 0 unspecified atom stereocenters. The molecule has 24 heavy (non-hydrogen) atoms. The molecule has 0 saturated carbocycles. The fourth-order valence-corrected chi connectivity index (χ4v) is 1.95. The third-order valence-electron chi connectivity index (χ3n) is 3.17. The van der Waals surface area contributed by atoms with E-state index in [1.54, 1.807) is 55.8 Å². The van der Waals surface area contributed by atoms with Gasteiger partial charge in [0.2, 0.25) is 11.8 Å². The normalized spacial score (nSPS) is 10.2. The van der Waals surface area contributed by atoms with E-state index in [9.17, 15) is 9.59 Å². The average Bonchev–Trinajstić information content (AvgIpc) is 2.60. The van der Waals surface area contributed by atoms with Crippen LogP contribution in [0, 0.1) is 12.3 Å². The molecular formula is C19H17N3O2. The maximum atomic E-state index is 12.0. The Hall–Kier alpha value is -3.39. The third kappa shape index (κ3) is 5.11. The Labute approximate surface area is 141 Å². The maximum absolute atomic E-state index is 12.0. The van der Waals surface area contributed by atoms with Gasteiger partial charge in [-0.2, -0.15) is 0 Å². The van der Waals surface area contributed by atoms with Crippen molar-refractivity contribution < 1.29 is 9.59 Å². The lowest BCUT2D eigenvalue weighted by Crippen LogP contribution is -2.33. The summed E-state index contributed by atoms with van der Waals surface area (Å²) in [6, 6.07) is 10.6. The number of nitrogens with one attached hydrogen (secondary N) is 1. The number of benzene rings is 1. The van der Waals surface area contributed by atoms with Crippen molar-refractivity contribution in [2.24, 2.45) is 0 Å². The van der Waals surface area contributed by atoms with Crippen molar-refractivity contribution in [2.45, 2.75) is 0 Å². The zero-order valence-electron chi connectivity index (χ0n) is 13.3. The van der Waals surface area contributed by atoms with Crippen LogP contribution in [0.3, 0.4) is 0 Å². The van der Waals surface area contributed by atoms with Crippen LogP contribution in [0.4, 0.5) is 5.69 Å². The molecule has 0 aliphatic heterocycles. The maximum Gasteiger partial charge on any atom is 0.246 e. The minimum absolute atomic E-state index is 0.0590. The Balaban J connectivity index is 1.90. The molecular weight excluding hydrogens is 302 g/mol. The second-order valence-electron chi connectivity index (χ2n) is 5.09. The van der Waals surface area contributed by atoms with Gasteiger partial charge in [-0.3, -0.25) is 14.6 Å². The lowest BCUT2D eigenvalue weighted by Gasteiger charge is -2.15. The smallest absolute Gasteiger partial charge is 0.246 e. The second-order valence-corrected chi connectivity index (χ2v) is 5.09. The standard InChI is InChI=1S/C19H17N3O2/c1-3-15-6-4-8-17(12-15)21-18(23)14-22(2)19(24)10-9-16-7-5-11-20-13-16/h1,4-13H,14H2,2H3,(H,21,23)/b10-9+. The van der Waals surface area contributed by atoms with Crippen LogP contribution < -0.4 is 5.32 Å². The predicted molar refractivity (Wildman–Crippen MR) is 93.9 cm³/mol. The van der Waals surface area contributed by atoms with Crippen LogP contribution in [0.1, 0.15) is 11.1 Å². The van der Waals surface area contributed by atoms with Gasteiger partial charge < -0.3 is 10.2 Å². The van der Waals surface area contributed by atoms with Crippen molar-refractivity contribution in [3.63, 3.8) is 0 Å². The van der Waals surface area contributed by atoms with Crippen molar-refractivity contribution in [3.8, 4) is 12.3 Å². The van der Waals surface area contributed by atoms with Crippen molar-refractivity contribution in [3.05, 3.63) is 66.0 Å². The van der Waals surface area contributed by atoms with Crippen molar-refractivity contribution in [2.75, 3.05) is 18.9 Å². The van der Waals surface area contributed by atoms with Gasteiger partial charge in [-0.25, -0.2) is 0 Å². The van der Waals surface area contributed by atoms with Gasteiger partial charge in [-0.1, -0.05) is 18.1 Å². The molecule has 0 radical (unpaired) electrons. The highest BCUT2D eigenvalue weighted by atomic mass is 16.2. The van der Waals surface area contributed by atoms with Crippen LogP contribution in [0.5, 0.6) is 0 Å². The molecule has 0 fully saturated rings. The molecule has 0 bridgehead atoms. The number of hydrogen-bond acceptors (Lipinski definition) is 3. The molecule has 5 heteroatoms. The van der Waals surface area contributed by atoms with Gasteiger partial charge in [0.25, 0.3) is 0 Å². The minimum Gasteiger partial charge on any atom is -0.333 e. The Kier molecular flexibility index (Phi) is 5.87. The van der Waals surface area contributed by atoms with Crippen LogP contribution in [-0.4, -0.2) is 35.3 Å². The number of likely N-dealkylation sites (N-methyl/N-ethyl adjacent to an activating group) is 1. The van der Waals surface area contributed by atoms with E-state index in [4.69, 9.17) is 6.42 Å². The topological polar surface area (TPSA) is 62.3 Å². The van der Waals surface area contributed by atoms with Gasteiger partial charge >= 0.3 is 0 Å². The number of terminal acetylenes is 1. The second kappa shape index (κ2) is 8.30. The van der Waals surface area contributed by atoms with E-state index in [1.807, 2.05) is 6.07 Å². The van der Waals surface area contributed by atoms with Gasteiger partial charge in [0.1, 0.15) is 0 Å². The fourth-order valence-electron chi connectivity index (χ4n) is 1.95. The predicted octanol–water partition coefficient (Wildman–Crippen LogP) is 2.17. The number of anilines is 1. The molecule has 1 heterocycles. The summed E-state index contributed by atoms with van der Waals surface area (Å²) in [6.45, 7) is -0.0590. The van der Waals surface area contributed by atoms with Crippen LogP contribution in [0.15, 0.2) is 54.9 Å². The highest BCUT2D eigenvalue weighted by Gasteiger charge is 2.10. The molecule has 0 spiro atoms. The van der Waals surface area contributed by atoms with Crippen molar-refractivity contribution >= 4 is 23.6 Å². The van der Waals surface area contributed by atoms with Crippen molar-refractivity contribution in [1.29, 1.82) is 0 Å². The Morgan fingerprint density at radius 1 is 1.33 bits per heavy atom. The summed E-state index contributed by atoms with van der Waals surface area (Å²) in [5.74, 6) is 1.93. The number of amides is 2. The molecule has 2 amide bonds. The van der Waals surface area contributed by atoms with E-state index in [0.717, 1.165) is 5.56 Å². The summed E-state index contributed by atoms with van der Waals surface area (Å²) in [4.78, 5) is 29.3. The van der Waals surface area contributed by atoms with Crippen LogP contribution in [0.2, 0.25) is 0 Å². The zero-order valence-corrected chi connectivity index (χ0v) is 13.3. The first kappa shape index (κ1) is 17.0. The molecule has 1 aromatic carbocycles. The van der Waals surface area contributed by atoms with E-state index in [1.165, 1.54) is 11.0 Å². The monoisotopic (exact) mass is 319 g/mol. The molecule has 1 aromatic heterocycles. The summed E-state index contributed by atoms with van der Waals surface area (Å²) in [6.07, 6.45) is 11.7. The molecule has 0 saturated heterocycles. The summed E-state index contributed by atoms with van der Waals surface area (Å²) in [7, 11) is 1.56. The number of aromatic nitrogens is 1. The number of carbonyl (C=O) groups excluding carboxylic acids is 2. The van der Waals surface area contributed by atoms with Crippen LogP contribution >= 0.6 is 0 Å². The van der Waals surface area contributed by atoms with Crippen LogP contribution in [-0.2, 0) is 9.59 Å². The van der Waals surface area contributed by atoms with E-state index < -0.39 is 0 Å². The molecule has 5 nitrogen and oxygen atoms in total. The van der Waals surface area contributed by atoms with E-state index in [2.05, 4.69) is 16.2 Å². The van der Waals surface area contributed by atoms with Gasteiger partial charge in [-0.05, 0) is 35.9 Å². The van der Waals surface area contributed by atoms with E-state index >= 15 is 0 Å². The number of rotatable bonds is 5. The zero-order chi connectivity index (χ0) is 17.4. The summed E-state index contributed by atoms with van der Waals surface area (Å²) >= 11 is 0. The SMILES string of the molecule is C#Cc1cccc(NC(=O)CN(C)C(=O)/C=C/c2cccnc2)c1. The van der Waals surface area contributed by atoms with Crippen molar-refractivity contribution in [1.82, 2.24) is 9.88 Å². The first-order valence-corrected chi connectivity index (χ1v) is 7.28.